The third-order valence-corrected chi connectivity index (χ3v) is 4.12. The van der Waals surface area contributed by atoms with Crippen molar-refractivity contribution in [1.82, 2.24) is 15.1 Å². The number of benzene rings is 1. The zero-order valence-electron chi connectivity index (χ0n) is 14.2. The minimum atomic E-state index is -1.84. The van der Waals surface area contributed by atoms with Crippen molar-refractivity contribution < 1.29 is 19.1 Å². The fraction of sp³-hybridized carbons (Fsp3) is 0.250. The van der Waals surface area contributed by atoms with E-state index in [1.54, 1.807) is 19.2 Å². The van der Waals surface area contributed by atoms with Gasteiger partial charge in [-0.05, 0) is 25.1 Å². The minimum Gasteiger partial charge on any atom is -0.466 e. The van der Waals surface area contributed by atoms with E-state index in [9.17, 15) is 14.4 Å². The summed E-state index contributed by atoms with van der Waals surface area (Å²) in [7, 11) is 3.05. The molecule has 1 unspecified atom stereocenters. The summed E-state index contributed by atoms with van der Waals surface area (Å²) in [6.07, 6.45) is 1.46. The Kier molecular flexibility index (Phi) is 4.33. The van der Waals surface area contributed by atoms with Gasteiger partial charge in [0.2, 0.25) is 0 Å². The number of rotatable bonds is 3. The Morgan fingerprint density at radius 1 is 1.38 bits per heavy atom. The molecule has 10 heteroatoms. The van der Waals surface area contributed by atoms with Crippen molar-refractivity contribution in [3.63, 3.8) is 0 Å². The van der Waals surface area contributed by atoms with Gasteiger partial charge in [0.1, 0.15) is 5.75 Å². The average molecular weight is 378 g/mol. The lowest BCUT2D eigenvalue weighted by atomic mass is 10.0. The summed E-state index contributed by atoms with van der Waals surface area (Å²) in [6, 6.07) is 4.67. The summed E-state index contributed by atoms with van der Waals surface area (Å²) in [6.45, 7) is 1.34. The van der Waals surface area contributed by atoms with Crippen molar-refractivity contribution in [3.8, 4) is 5.75 Å². The van der Waals surface area contributed by atoms with Crippen molar-refractivity contribution in [3.05, 3.63) is 35.1 Å². The fourth-order valence-electron chi connectivity index (χ4n) is 2.45. The zero-order chi connectivity index (χ0) is 19.1. The molecule has 0 saturated carbocycles. The van der Waals surface area contributed by atoms with E-state index < -0.39 is 23.3 Å². The normalized spacial score (nSPS) is 18.4. The van der Waals surface area contributed by atoms with Crippen LogP contribution in [0.1, 0.15) is 17.4 Å². The van der Waals surface area contributed by atoms with Crippen LogP contribution in [0.15, 0.2) is 24.4 Å². The number of ether oxygens (including phenoxy) is 1. The predicted molar refractivity (Wildman–Crippen MR) is 94.3 cm³/mol. The van der Waals surface area contributed by atoms with Crippen LogP contribution in [-0.4, -0.2) is 40.2 Å². The van der Waals surface area contributed by atoms with Crippen LogP contribution in [0.3, 0.4) is 0 Å². The first-order valence-corrected chi connectivity index (χ1v) is 7.99. The molecule has 9 nitrogen and oxygen atoms in total. The maximum Gasteiger partial charge on any atom is 0.278 e. The average Bonchev–Trinajstić information content (AvgIpc) is 2.96. The van der Waals surface area contributed by atoms with Gasteiger partial charge < -0.3 is 20.7 Å². The van der Waals surface area contributed by atoms with Crippen LogP contribution in [0.2, 0.25) is 5.02 Å². The van der Waals surface area contributed by atoms with E-state index in [2.05, 4.69) is 21.0 Å². The minimum absolute atomic E-state index is 0.0235. The Bertz CT molecular complexity index is 925. The number of carbonyl (C=O) groups is 3. The molecule has 2 aromatic rings. The monoisotopic (exact) mass is 377 g/mol. The van der Waals surface area contributed by atoms with Crippen LogP contribution in [0, 0.1) is 0 Å². The molecule has 2 heterocycles. The number of fused-ring (bicyclic) bond motifs is 1. The number of nitrogens with one attached hydrogen (secondary N) is 3. The molecular formula is C16H16ClN5O4. The Morgan fingerprint density at radius 3 is 2.81 bits per heavy atom. The van der Waals surface area contributed by atoms with Crippen molar-refractivity contribution in [1.29, 1.82) is 0 Å². The van der Waals surface area contributed by atoms with Gasteiger partial charge in [-0.2, -0.15) is 5.10 Å². The Hall–Kier alpha value is -3.07. The quantitative estimate of drug-likeness (QED) is 0.694. The van der Waals surface area contributed by atoms with Gasteiger partial charge >= 0.3 is 0 Å². The second kappa shape index (κ2) is 6.34. The highest BCUT2D eigenvalue weighted by Crippen LogP contribution is 2.36. The molecule has 1 aromatic carbocycles. The maximum absolute atomic E-state index is 12.8. The molecule has 0 aliphatic carbocycles. The van der Waals surface area contributed by atoms with Gasteiger partial charge in [-0.1, -0.05) is 11.6 Å². The largest absolute Gasteiger partial charge is 0.466 e. The molecule has 0 bridgehead atoms. The highest BCUT2D eigenvalue weighted by atomic mass is 35.5. The smallest absolute Gasteiger partial charge is 0.278 e. The Morgan fingerprint density at radius 2 is 2.12 bits per heavy atom. The summed E-state index contributed by atoms with van der Waals surface area (Å²) in [5, 5.41) is 12.0. The van der Waals surface area contributed by atoms with E-state index in [0.29, 0.717) is 16.5 Å². The molecule has 26 heavy (non-hydrogen) atoms. The van der Waals surface area contributed by atoms with E-state index in [1.165, 1.54) is 30.9 Å². The molecule has 3 amide bonds. The molecular weight excluding hydrogens is 362 g/mol. The van der Waals surface area contributed by atoms with Crippen molar-refractivity contribution in [2.24, 2.45) is 7.05 Å². The number of hydrogen-bond donors (Lipinski definition) is 3. The first-order chi connectivity index (χ1) is 12.2. The second-order valence-corrected chi connectivity index (χ2v) is 6.26. The summed E-state index contributed by atoms with van der Waals surface area (Å²) in [4.78, 5) is 37.1. The van der Waals surface area contributed by atoms with E-state index in [4.69, 9.17) is 16.3 Å². The predicted octanol–water partition coefficient (Wildman–Crippen LogP) is 1.16. The number of anilines is 2. The first kappa shape index (κ1) is 17.7. The summed E-state index contributed by atoms with van der Waals surface area (Å²) < 4.78 is 7.02. The molecule has 0 radical (unpaired) electrons. The van der Waals surface area contributed by atoms with Gasteiger partial charge in [-0.15, -0.1) is 0 Å². The van der Waals surface area contributed by atoms with E-state index in [0.717, 1.165) is 0 Å². The summed E-state index contributed by atoms with van der Waals surface area (Å²) in [5.74, 6) is -1.56. The summed E-state index contributed by atoms with van der Waals surface area (Å²) >= 11 is 5.90. The molecule has 1 aromatic heterocycles. The molecule has 1 aliphatic heterocycles. The molecule has 3 rings (SSSR count). The third kappa shape index (κ3) is 2.97. The lowest BCUT2D eigenvalue weighted by Crippen LogP contribution is -2.56. The number of nitrogens with zero attached hydrogens (tertiary/aromatic N) is 2. The number of hydrogen-bond acceptors (Lipinski definition) is 5. The highest BCUT2D eigenvalue weighted by molar-refractivity contribution is 6.31. The number of halogens is 1. The van der Waals surface area contributed by atoms with E-state index in [1.807, 2.05) is 0 Å². The van der Waals surface area contributed by atoms with Crippen molar-refractivity contribution in [2.75, 3.05) is 17.7 Å². The van der Waals surface area contributed by atoms with E-state index in [-0.39, 0.29) is 11.4 Å². The fourth-order valence-corrected chi connectivity index (χ4v) is 2.63. The van der Waals surface area contributed by atoms with Crippen LogP contribution >= 0.6 is 11.6 Å². The second-order valence-electron chi connectivity index (χ2n) is 5.83. The van der Waals surface area contributed by atoms with Crippen LogP contribution < -0.4 is 20.7 Å². The van der Waals surface area contributed by atoms with Crippen molar-refractivity contribution in [2.45, 2.75) is 12.5 Å². The van der Waals surface area contributed by atoms with Gasteiger partial charge in [0.15, 0.2) is 5.69 Å². The lowest BCUT2D eigenvalue weighted by molar-refractivity contribution is -0.143. The molecule has 1 atom stereocenters. The topological polar surface area (TPSA) is 114 Å². The molecule has 136 valence electrons. The third-order valence-electron chi connectivity index (χ3n) is 3.89. The van der Waals surface area contributed by atoms with Gasteiger partial charge in [0, 0.05) is 25.3 Å². The number of aryl methyl sites for hydroxylation is 1. The molecule has 0 saturated heterocycles. The van der Waals surface area contributed by atoms with Crippen LogP contribution in [-0.2, 0) is 16.6 Å². The van der Waals surface area contributed by atoms with Crippen LogP contribution in [0.25, 0.3) is 0 Å². The molecule has 1 aliphatic rings. The van der Waals surface area contributed by atoms with Crippen molar-refractivity contribution >= 4 is 40.7 Å². The number of amides is 3. The molecule has 3 N–H and O–H groups in total. The van der Waals surface area contributed by atoms with Gasteiger partial charge in [-0.3, -0.25) is 19.1 Å². The number of carbonyl (C=O) groups excluding carboxylic acids is 3. The highest BCUT2D eigenvalue weighted by Gasteiger charge is 2.47. The van der Waals surface area contributed by atoms with Gasteiger partial charge in [-0.25, -0.2) is 0 Å². The van der Waals surface area contributed by atoms with E-state index >= 15 is 0 Å². The van der Waals surface area contributed by atoms with Crippen LogP contribution in [0.5, 0.6) is 5.75 Å². The molecule has 0 fully saturated rings. The zero-order valence-corrected chi connectivity index (χ0v) is 15.0. The Labute approximate surface area is 153 Å². The summed E-state index contributed by atoms with van der Waals surface area (Å²) in [5.41, 5.74) is -1.27. The standard InChI is InChI=1S/C16H16ClN5O4/c1-16(14(24)19-9-6-8(17)4-5-11(9)26-16)15(25)20-10-7-22(3)21-12(10)13(23)18-2/h4-7H,1-3H3,(H,18,23)(H,19,24)(H,20,25). The SMILES string of the molecule is CNC(=O)c1nn(C)cc1NC(=O)C1(C)Oc2ccc(Cl)cc2NC1=O. The lowest BCUT2D eigenvalue weighted by Gasteiger charge is -2.33. The number of aromatic nitrogens is 2. The van der Waals surface area contributed by atoms with Gasteiger partial charge in [0.25, 0.3) is 23.3 Å². The maximum atomic E-state index is 12.8. The first-order valence-electron chi connectivity index (χ1n) is 7.62. The Balaban J connectivity index is 1.89. The van der Waals surface area contributed by atoms with Gasteiger partial charge in [0.05, 0.1) is 11.4 Å². The van der Waals surface area contributed by atoms with Crippen LogP contribution in [0.4, 0.5) is 11.4 Å². The molecule has 0 spiro atoms.